The Labute approximate surface area is 117 Å². The summed E-state index contributed by atoms with van der Waals surface area (Å²) in [6.07, 6.45) is 5.21. The van der Waals surface area contributed by atoms with Gasteiger partial charge in [0.25, 0.3) is 0 Å². The molecule has 0 fully saturated rings. The molecule has 0 amide bonds. The minimum Gasteiger partial charge on any atom is -1.00 e. The van der Waals surface area contributed by atoms with Gasteiger partial charge in [-0.3, -0.25) is 4.90 Å². The lowest BCUT2D eigenvalue weighted by Gasteiger charge is -2.21. The maximum Gasteiger partial charge on any atom is 0.0233 e. The molecule has 0 unspecified atom stereocenters. The summed E-state index contributed by atoms with van der Waals surface area (Å²) in [5.41, 5.74) is 1.44. The van der Waals surface area contributed by atoms with Crippen molar-refractivity contribution < 1.29 is 17.0 Å². The Balaban J connectivity index is 0.00000256. The van der Waals surface area contributed by atoms with E-state index in [0.717, 1.165) is 6.54 Å². The first-order chi connectivity index (χ1) is 7.86. The van der Waals surface area contributed by atoms with Crippen LogP contribution in [0.3, 0.4) is 0 Å². The largest absolute Gasteiger partial charge is 1.00 e. The van der Waals surface area contributed by atoms with Crippen molar-refractivity contribution in [2.75, 3.05) is 13.1 Å². The normalized spacial score (nSPS) is 10.3. The molecule has 0 bridgehead atoms. The second kappa shape index (κ2) is 10.8. The lowest BCUT2D eigenvalue weighted by molar-refractivity contribution is -0.00000351. The van der Waals surface area contributed by atoms with Crippen molar-refractivity contribution in [1.29, 1.82) is 0 Å². The zero-order valence-electron chi connectivity index (χ0n) is 11.2. The number of benzene rings is 1. The van der Waals surface area contributed by atoms with E-state index in [4.69, 9.17) is 0 Å². The Hall–Kier alpha value is -0.340. The van der Waals surface area contributed by atoms with E-state index in [9.17, 15) is 0 Å². The molecule has 1 aromatic rings. The minimum atomic E-state index is 0. The monoisotopic (exact) mass is 298 g/mol. The maximum atomic E-state index is 2.59. The third-order valence-electron chi connectivity index (χ3n) is 2.90. The van der Waals surface area contributed by atoms with Gasteiger partial charge in [0.1, 0.15) is 0 Å². The summed E-state index contributed by atoms with van der Waals surface area (Å²) < 4.78 is 0. The average Bonchev–Trinajstić information content (AvgIpc) is 2.34. The molecule has 1 rings (SSSR count). The third-order valence-corrected chi connectivity index (χ3v) is 2.90. The van der Waals surface area contributed by atoms with Crippen molar-refractivity contribution in [2.24, 2.45) is 0 Å². The molecular formula is C15H25BrN-. The van der Waals surface area contributed by atoms with Crippen LogP contribution >= 0.6 is 0 Å². The van der Waals surface area contributed by atoms with E-state index in [1.165, 1.54) is 44.3 Å². The summed E-state index contributed by atoms with van der Waals surface area (Å²) >= 11 is 0. The van der Waals surface area contributed by atoms with Crippen LogP contribution in [0, 0.1) is 0 Å². The Kier molecular flexibility index (Phi) is 10.6. The zero-order chi connectivity index (χ0) is 11.6. The summed E-state index contributed by atoms with van der Waals surface area (Å²) in [6, 6.07) is 10.8. The lowest BCUT2D eigenvalue weighted by Crippen LogP contribution is -3.00. The standard InChI is InChI=1S/C15H25N.BrH/c1-3-5-12-16(13-6-4-2)14-15-10-8-7-9-11-15;/h7-11H,3-6,12-14H2,1-2H3;1H/p-1. The number of hydrogen-bond acceptors (Lipinski definition) is 1. The second-order valence-electron chi connectivity index (χ2n) is 4.47. The van der Waals surface area contributed by atoms with Crippen LogP contribution in [0.4, 0.5) is 0 Å². The van der Waals surface area contributed by atoms with Gasteiger partial charge < -0.3 is 17.0 Å². The highest BCUT2D eigenvalue weighted by atomic mass is 79.9. The van der Waals surface area contributed by atoms with E-state index in [-0.39, 0.29) is 17.0 Å². The Morgan fingerprint density at radius 2 is 1.41 bits per heavy atom. The van der Waals surface area contributed by atoms with Crippen molar-refractivity contribution in [1.82, 2.24) is 4.90 Å². The molecule has 0 radical (unpaired) electrons. The first-order valence-corrected chi connectivity index (χ1v) is 6.63. The van der Waals surface area contributed by atoms with Crippen molar-refractivity contribution >= 4 is 0 Å². The van der Waals surface area contributed by atoms with Gasteiger partial charge in [-0.25, -0.2) is 0 Å². The quantitative estimate of drug-likeness (QED) is 0.695. The van der Waals surface area contributed by atoms with Gasteiger partial charge in [-0.05, 0) is 31.5 Å². The SMILES string of the molecule is CCCCN(CCCC)Cc1ccccc1.[Br-]. The van der Waals surface area contributed by atoms with Gasteiger partial charge in [0, 0.05) is 6.54 Å². The highest BCUT2D eigenvalue weighted by Gasteiger charge is 2.04. The number of rotatable bonds is 8. The van der Waals surface area contributed by atoms with Crippen LogP contribution in [0.2, 0.25) is 0 Å². The van der Waals surface area contributed by atoms with Crippen LogP contribution in [-0.2, 0) is 6.54 Å². The van der Waals surface area contributed by atoms with E-state index < -0.39 is 0 Å². The molecule has 0 aliphatic heterocycles. The summed E-state index contributed by atoms with van der Waals surface area (Å²) in [6.45, 7) is 8.12. The second-order valence-corrected chi connectivity index (χ2v) is 4.47. The van der Waals surface area contributed by atoms with Gasteiger partial charge in [0.15, 0.2) is 0 Å². The molecule has 0 N–H and O–H groups in total. The molecule has 0 heterocycles. The van der Waals surface area contributed by atoms with Crippen LogP contribution in [0.15, 0.2) is 30.3 Å². The molecule has 98 valence electrons. The molecule has 17 heavy (non-hydrogen) atoms. The highest BCUT2D eigenvalue weighted by Crippen LogP contribution is 2.07. The van der Waals surface area contributed by atoms with Gasteiger partial charge in [-0.15, -0.1) is 0 Å². The fraction of sp³-hybridized carbons (Fsp3) is 0.600. The topological polar surface area (TPSA) is 3.24 Å². The summed E-state index contributed by atoms with van der Waals surface area (Å²) in [4.78, 5) is 2.59. The summed E-state index contributed by atoms with van der Waals surface area (Å²) in [7, 11) is 0. The maximum absolute atomic E-state index is 2.59. The Morgan fingerprint density at radius 3 is 1.88 bits per heavy atom. The number of nitrogens with zero attached hydrogens (tertiary/aromatic N) is 1. The number of hydrogen-bond donors (Lipinski definition) is 0. The Morgan fingerprint density at radius 1 is 0.882 bits per heavy atom. The van der Waals surface area contributed by atoms with E-state index in [1.807, 2.05) is 0 Å². The summed E-state index contributed by atoms with van der Waals surface area (Å²) in [5, 5.41) is 0. The molecule has 0 aliphatic carbocycles. The highest BCUT2D eigenvalue weighted by molar-refractivity contribution is 5.14. The predicted molar refractivity (Wildman–Crippen MR) is 71.5 cm³/mol. The van der Waals surface area contributed by atoms with Crippen LogP contribution < -0.4 is 17.0 Å². The number of unbranched alkanes of at least 4 members (excludes halogenated alkanes) is 2. The van der Waals surface area contributed by atoms with Gasteiger partial charge >= 0.3 is 0 Å². The van der Waals surface area contributed by atoms with Crippen LogP contribution in [0.25, 0.3) is 0 Å². The lowest BCUT2D eigenvalue weighted by atomic mass is 10.2. The van der Waals surface area contributed by atoms with Gasteiger partial charge in [0.05, 0.1) is 0 Å². The van der Waals surface area contributed by atoms with Crippen LogP contribution in [-0.4, -0.2) is 18.0 Å². The fourth-order valence-corrected chi connectivity index (χ4v) is 1.87. The van der Waals surface area contributed by atoms with Gasteiger partial charge in [0.2, 0.25) is 0 Å². The zero-order valence-corrected chi connectivity index (χ0v) is 12.7. The molecule has 0 saturated carbocycles. The molecule has 0 spiro atoms. The van der Waals surface area contributed by atoms with Crippen molar-refractivity contribution in [2.45, 2.75) is 46.1 Å². The molecule has 0 aromatic heterocycles. The van der Waals surface area contributed by atoms with E-state index in [0.29, 0.717) is 0 Å². The predicted octanol–water partition coefficient (Wildman–Crippen LogP) is 1.09. The molecule has 0 saturated heterocycles. The molecule has 1 aromatic carbocycles. The molecule has 2 heteroatoms. The molecule has 0 atom stereocenters. The van der Waals surface area contributed by atoms with Gasteiger partial charge in [-0.1, -0.05) is 57.0 Å². The average molecular weight is 299 g/mol. The minimum absolute atomic E-state index is 0. The van der Waals surface area contributed by atoms with Crippen molar-refractivity contribution in [3.8, 4) is 0 Å². The molecule has 0 aliphatic rings. The van der Waals surface area contributed by atoms with Crippen LogP contribution in [0.1, 0.15) is 45.1 Å². The van der Waals surface area contributed by atoms with Gasteiger partial charge in [-0.2, -0.15) is 0 Å². The molecular weight excluding hydrogens is 274 g/mol. The first-order valence-electron chi connectivity index (χ1n) is 6.63. The fourth-order valence-electron chi connectivity index (χ4n) is 1.87. The van der Waals surface area contributed by atoms with Crippen molar-refractivity contribution in [3.05, 3.63) is 35.9 Å². The molecule has 1 nitrogen and oxygen atoms in total. The van der Waals surface area contributed by atoms with E-state index >= 15 is 0 Å². The first kappa shape index (κ1) is 16.7. The van der Waals surface area contributed by atoms with E-state index in [2.05, 4.69) is 49.1 Å². The van der Waals surface area contributed by atoms with Crippen LogP contribution in [0.5, 0.6) is 0 Å². The smallest absolute Gasteiger partial charge is 0.0233 e. The Bertz CT molecular complexity index is 253. The third kappa shape index (κ3) is 7.56. The summed E-state index contributed by atoms with van der Waals surface area (Å²) in [5.74, 6) is 0. The van der Waals surface area contributed by atoms with Crippen molar-refractivity contribution in [3.63, 3.8) is 0 Å². The van der Waals surface area contributed by atoms with E-state index in [1.54, 1.807) is 0 Å². The number of halogens is 1.